The minimum atomic E-state index is -0.768. The van der Waals surface area contributed by atoms with Crippen LogP contribution >= 0.6 is 0 Å². The van der Waals surface area contributed by atoms with Crippen LogP contribution in [0.2, 0.25) is 0 Å². The molecule has 0 aliphatic rings. The highest BCUT2D eigenvalue weighted by molar-refractivity contribution is 5.79. The largest absolute Gasteiger partial charge is 0.386 e. The van der Waals surface area contributed by atoms with Gasteiger partial charge in [0.25, 0.3) is 5.69 Å². The third-order valence-corrected chi connectivity index (χ3v) is 2.81. The van der Waals surface area contributed by atoms with Crippen LogP contribution in [0.5, 0.6) is 0 Å². The lowest BCUT2D eigenvalue weighted by molar-refractivity contribution is -0.384. The molecule has 5 nitrogen and oxygen atoms in total. The van der Waals surface area contributed by atoms with Gasteiger partial charge < -0.3 is 5.11 Å². The Morgan fingerprint density at radius 3 is 2.40 bits per heavy atom. The van der Waals surface area contributed by atoms with Crippen LogP contribution in [-0.2, 0) is 0 Å². The average molecular weight is 270 g/mol. The summed E-state index contributed by atoms with van der Waals surface area (Å²) in [6, 6.07) is 15.4. The molecule has 0 aliphatic heterocycles. The Kier molecular flexibility index (Phi) is 4.57. The summed E-state index contributed by atoms with van der Waals surface area (Å²) in [5.74, 6) is 0. The summed E-state index contributed by atoms with van der Waals surface area (Å²) in [5, 5.41) is 20.5. The molecule has 1 atom stereocenters. The molecule has 1 N–H and O–H groups in total. The van der Waals surface area contributed by atoms with Crippen molar-refractivity contribution in [3.8, 4) is 0 Å². The molecule has 5 heteroatoms. The number of hydrogen-bond acceptors (Lipinski definition) is 4. The monoisotopic (exact) mass is 270 g/mol. The van der Waals surface area contributed by atoms with E-state index < -0.39 is 11.0 Å². The van der Waals surface area contributed by atoms with Crippen molar-refractivity contribution in [1.82, 2.24) is 0 Å². The van der Waals surface area contributed by atoms with Gasteiger partial charge in [0, 0.05) is 18.3 Å². The van der Waals surface area contributed by atoms with Crippen LogP contribution < -0.4 is 0 Å². The summed E-state index contributed by atoms with van der Waals surface area (Å²) in [6.45, 7) is 0.215. The number of rotatable bonds is 5. The van der Waals surface area contributed by atoms with Gasteiger partial charge in [-0.05, 0) is 23.3 Å². The Balaban J connectivity index is 1.96. The Labute approximate surface area is 116 Å². The molecule has 0 saturated carbocycles. The Bertz CT molecular complexity index is 594. The van der Waals surface area contributed by atoms with E-state index >= 15 is 0 Å². The topological polar surface area (TPSA) is 75.7 Å². The first-order valence-electron chi connectivity index (χ1n) is 6.14. The first-order valence-corrected chi connectivity index (χ1v) is 6.14. The van der Waals surface area contributed by atoms with Crippen molar-refractivity contribution in [3.05, 3.63) is 75.8 Å². The third-order valence-electron chi connectivity index (χ3n) is 2.81. The number of hydrogen-bond donors (Lipinski definition) is 1. The van der Waals surface area contributed by atoms with Crippen molar-refractivity contribution in [2.24, 2.45) is 4.99 Å². The number of nitrogens with zero attached hydrogens (tertiary/aromatic N) is 2. The number of aliphatic hydroxyl groups is 1. The second-order valence-electron chi connectivity index (χ2n) is 4.27. The predicted molar refractivity (Wildman–Crippen MR) is 77.0 cm³/mol. The van der Waals surface area contributed by atoms with E-state index in [2.05, 4.69) is 4.99 Å². The van der Waals surface area contributed by atoms with Crippen LogP contribution in [0.3, 0.4) is 0 Å². The fourth-order valence-corrected chi connectivity index (χ4v) is 1.72. The van der Waals surface area contributed by atoms with Crippen LogP contribution in [0.15, 0.2) is 59.6 Å². The van der Waals surface area contributed by atoms with Gasteiger partial charge in [0.05, 0.1) is 17.6 Å². The quantitative estimate of drug-likeness (QED) is 0.515. The number of aliphatic hydroxyl groups excluding tert-OH is 1. The highest BCUT2D eigenvalue weighted by Gasteiger charge is 2.09. The first kappa shape index (κ1) is 13.9. The van der Waals surface area contributed by atoms with Crippen LogP contribution in [-0.4, -0.2) is 22.8 Å². The van der Waals surface area contributed by atoms with Crippen molar-refractivity contribution < 1.29 is 10.0 Å². The zero-order chi connectivity index (χ0) is 14.4. The van der Waals surface area contributed by atoms with Gasteiger partial charge in [-0.2, -0.15) is 0 Å². The minimum Gasteiger partial charge on any atom is -0.386 e. The van der Waals surface area contributed by atoms with Crippen molar-refractivity contribution in [2.45, 2.75) is 6.10 Å². The molecule has 0 fully saturated rings. The zero-order valence-corrected chi connectivity index (χ0v) is 10.7. The van der Waals surface area contributed by atoms with Crippen LogP contribution in [0.4, 0.5) is 5.69 Å². The van der Waals surface area contributed by atoms with Crippen LogP contribution in [0, 0.1) is 10.1 Å². The summed E-state index contributed by atoms with van der Waals surface area (Å²) >= 11 is 0. The molecule has 20 heavy (non-hydrogen) atoms. The molecule has 0 amide bonds. The number of nitro benzene ring substituents is 1. The smallest absolute Gasteiger partial charge is 0.269 e. The second-order valence-corrected chi connectivity index (χ2v) is 4.27. The van der Waals surface area contributed by atoms with Crippen LogP contribution in [0.25, 0.3) is 0 Å². The number of aliphatic imine (C=N–C) groups is 1. The Hall–Kier alpha value is -2.53. The first-order chi connectivity index (χ1) is 9.66. The summed E-state index contributed by atoms with van der Waals surface area (Å²) < 4.78 is 0. The van der Waals surface area contributed by atoms with E-state index in [-0.39, 0.29) is 12.2 Å². The molecule has 2 aromatic carbocycles. The summed E-state index contributed by atoms with van der Waals surface area (Å²) in [4.78, 5) is 14.2. The van der Waals surface area contributed by atoms with E-state index in [4.69, 9.17) is 0 Å². The van der Waals surface area contributed by atoms with E-state index in [1.165, 1.54) is 12.1 Å². The van der Waals surface area contributed by atoms with Gasteiger partial charge in [0.2, 0.25) is 0 Å². The van der Waals surface area contributed by atoms with E-state index in [0.29, 0.717) is 5.56 Å². The molecule has 0 radical (unpaired) electrons. The lowest BCUT2D eigenvalue weighted by Gasteiger charge is -2.07. The van der Waals surface area contributed by atoms with E-state index in [9.17, 15) is 15.2 Å². The standard InChI is InChI=1S/C15H14N2O3/c18-15(11-16-10-12-4-2-1-3-5-12)13-6-8-14(9-7-13)17(19)20/h1-10,15,18H,11H2/t15-/m0/s1. The summed E-state index contributed by atoms with van der Waals surface area (Å²) in [5.41, 5.74) is 1.58. The lowest BCUT2D eigenvalue weighted by Crippen LogP contribution is -2.02. The van der Waals surface area contributed by atoms with Gasteiger partial charge in [-0.3, -0.25) is 15.1 Å². The maximum absolute atomic E-state index is 10.5. The molecule has 2 aromatic rings. The molecular weight excluding hydrogens is 256 g/mol. The summed E-state index contributed by atoms with van der Waals surface area (Å²) in [6.07, 6.45) is 0.921. The molecule has 0 aromatic heterocycles. The number of benzene rings is 2. The van der Waals surface area contributed by atoms with Gasteiger partial charge in [0.1, 0.15) is 0 Å². The number of non-ortho nitro benzene ring substituents is 1. The predicted octanol–water partition coefficient (Wildman–Crippen LogP) is 2.75. The molecule has 0 bridgehead atoms. The molecule has 0 unspecified atom stereocenters. The van der Waals surface area contributed by atoms with Gasteiger partial charge in [-0.1, -0.05) is 30.3 Å². The molecule has 102 valence electrons. The maximum Gasteiger partial charge on any atom is 0.269 e. The van der Waals surface area contributed by atoms with Crippen LogP contribution in [0.1, 0.15) is 17.2 Å². The van der Waals surface area contributed by atoms with E-state index in [0.717, 1.165) is 5.56 Å². The van der Waals surface area contributed by atoms with Crippen molar-refractivity contribution in [2.75, 3.05) is 6.54 Å². The SMILES string of the molecule is O=[N+]([O-])c1ccc([C@@H](O)CN=Cc2ccccc2)cc1. The molecule has 0 heterocycles. The van der Waals surface area contributed by atoms with Gasteiger partial charge in [-0.15, -0.1) is 0 Å². The normalized spacial score (nSPS) is 12.4. The van der Waals surface area contributed by atoms with Crippen molar-refractivity contribution >= 4 is 11.9 Å². The Morgan fingerprint density at radius 1 is 1.15 bits per heavy atom. The Morgan fingerprint density at radius 2 is 1.80 bits per heavy atom. The maximum atomic E-state index is 10.5. The molecule has 2 rings (SSSR count). The molecule has 0 spiro atoms. The van der Waals surface area contributed by atoms with Crippen molar-refractivity contribution in [3.63, 3.8) is 0 Å². The fraction of sp³-hybridized carbons (Fsp3) is 0.133. The molecular formula is C15H14N2O3. The highest BCUT2D eigenvalue weighted by atomic mass is 16.6. The average Bonchev–Trinajstić information content (AvgIpc) is 2.48. The fourth-order valence-electron chi connectivity index (χ4n) is 1.72. The lowest BCUT2D eigenvalue weighted by atomic mass is 10.1. The van der Waals surface area contributed by atoms with E-state index in [1.54, 1.807) is 18.3 Å². The van der Waals surface area contributed by atoms with Gasteiger partial charge >= 0.3 is 0 Å². The minimum absolute atomic E-state index is 0.00809. The third kappa shape index (κ3) is 3.73. The highest BCUT2D eigenvalue weighted by Crippen LogP contribution is 2.17. The van der Waals surface area contributed by atoms with Crippen molar-refractivity contribution in [1.29, 1.82) is 0 Å². The number of nitro groups is 1. The summed E-state index contributed by atoms with van der Waals surface area (Å²) in [7, 11) is 0. The molecule has 0 aliphatic carbocycles. The molecule has 0 saturated heterocycles. The zero-order valence-electron chi connectivity index (χ0n) is 10.7. The van der Waals surface area contributed by atoms with Gasteiger partial charge in [0.15, 0.2) is 0 Å². The van der Waals surface area contributed by atoms with Gasteiger partial charge in [-0.25, -0.2) is 0 Å². The van der Waals surface area contributed by atoms with E-state index in [1.807, 2.05) is 30.3 Å². The second kappa shape index (κ2) is 6.58.